The normalized spacial score (nSPS) is 16.5. The second-order valence-electron chi connectivity index (χ2n) is 9.30. The minimum atomic E-state index is -0.147. The van der Waals surface area contributed by atoms with Crippen molar-refractivity contribution in [2.24, 2.45) is 0 Å². The number of rotatable bonds is 6. The van der Waals surface area contributed by atoms with Gasteiger partial charge in [-0.15, -0.1) is 0 Å². The summed E-state index contributed by atoms with van der Waals surface area (Å²) in [5, 5.41) is 8.60. The lowest BCUT2D eigenvalue weighted by Gasteiger charge is -2.26. The van der Waals surface area contributed by atoms with Crippen LogP contribution in [0.5, 0.6) is 0 Å². The molecule has 2 fully saturated rings. The summed E-state index contributed by atoms with van der Waals surface area (Å²) in [6.45, 7) is 6.14. The molecular weight excluding hydrogens is 440 g/mol. The lowest BCUT2D eigenvalue weighted by molar-refractivity contribution is 0.0342. The minimum absolute atomic E-state index is 0.147. The number of morpholine rings is 1. The minimum Gasteiger partial charge on any atom is -0.379 e. The highest BCUT2D eigenvalue weighted by atomic mass is 16.5. The van der Waals surface area contributed by atoms with Crippen LogP contribution in [0.15, 0.2) is 54.7 Å². The summed E-state index contributed by atoms with van der Waals surface area (Å²) < 4.78 is 7.20. The first-order chi connectivity index (χ1) is 17.2. The second kappa shape index (κ2) is 9.20. The van der Waals surface area contributed by atoms with Crippen molar-refractivity contribution in [2.75, 3.05) is 31.6 Å². The van der Waals surface area contributed by atoms with Gasteiger partial charge in [-0.05, 0) is 55.7 Å². The first-order valence-electron chi connectivity index (χ1n) is 12.2. The fourth-order valence-corrected chi connectivity index (χ4v) is 4.68. The number of nitrogens with zero attached hydrogens (tertiary/aromatic N) is 5. The predicted molar refractivity (Wildman–Crippen MR) is 134 cm³/mol. The number of amides is 1. The van der Waals surface area contributed by atoms with Crippen molar-refractivity contribution in [1.29, 1.82) is 0 Å². The van der Waals surface area contributed by atoms with Gasteiger partial charge in [0.05, 0.1) is 29.9 Å². The Morgan fingerprint density at radius 1 is 1.11 bits per heavy atom. The van der Waals surface area contributed by atoms with E-state index in [0.717, 1.165) is 68.2 Å². The quantitative estimate of drug-likeness (QED) is 0.459. The van der Waals surface area contributed by atoms with Crippen molar-refractivity contribution in [2.45, 2.75) is 32.2 Å². The fourth-order valence-electron chi connectivity index (χ4n) is 4.68. The van der Waals surface area contributed by atoms with Crippen molar-refractivity contribution < 1.29 is 9.53 Å². The number of benzene rings is 1. The first kappa shape index (κ1) is 21.9. The monoisotopic (exact) mass is 468 g/mol. The Hall–Kier alpha value is -3.62. The Kier molecular flexibility index (Phi) is 5.75. The van der Waals surface area contributed by atoms with Crippen LogP contribution in [0.3, 0.4) is 0 Å². The molecule has 1 saturated carbocycles. The lowest BCUT2D eigenvalue weighted by Crippen LogP contribution is -2.35. The number of nitrogens with one attached hydrogen (secondary N) is 1. The summed E-state index contributed by atoms with van der Waals surface area (Å²) in [6.07, 6.45) is 3.93. The first-order valence-corrected chi connectivity index (χ1v) is 12.2. The Balaban J connectivity index is 1.34. The maximum absolute atomic E-state index is 13.6. The largest absolute Gasteiger partial charge is 0.379 e. The maximum Gasteiger partial charge on any atom is 0.256 e. The third-order valence-corrected chi connectivity index (χ3v) is 6.63. The van der Waals surface area contributed by atoms with E-state index in [2.05, 4.69) is 27.3 Å². The Bertz CT molecular complexity index is 1370. The van der Waals surface area contributed by atoms with Crippen LogP contribution in [0.2, 0.25) is 0 Å². The van der Waals surface area contributed by atoms with Crippen LogP contribution in [0.4, 0.5) is 5.69 Å². The van der Waals surface area contributed by atoms with Crippen molar-refractivity contribution >= 4 is 22.6 Å². The van der Waals surface area contributed by atoms with Crippen LogP contribution in [0.25, 0.3) is 16.9 Å². The fraction of sp³-hybridized carbons (Fsp3) is 0.333. The molecule has 2 aliphatic rings. The van der Waals surface area contributed by atoms with Gasteiger partial charge in [0.25, 0.3) is 5.91 Å². The zero-order chi connectivity index (χ0) is 23.8. The topological polar surface area (TPSA) is 85.2 Å². The predicted octanol–water partition coefficient (Wildman–Crippen LogP) is 4.09. The number of ether oxygens (including phenoxy) is 1. The number of hydrogen-bond donors (Lipinski definition) is 1. The molecule has 1 saturated heterocycles. The molecule has 4 heterocycles. The Morgan fingerprint density at radius 2 is 1.97 bits per heavy atom. The van der Waals surface area contributed by atoms with Gasteiger partial charge < -0.3 is 10.1 Å². The summed E-state index contributed by atoms with van der Waals surface area (Å²) in [5.41, 5.74) is 4.94. The average Bonchev–Trinajstić information content (AvgIpc) is 3.68. The average molecular weight is 469 g/mol. The summed E-state index contributed by atoms with van der Waals surface area (Å²) >= 11 is 0. The molecule has 0 bridgehead atoms. The Morgan fingerprint density at radius 3 is 2.74 bits per heavy atom. The van der Waals surface area contributed by atoms with E-state index in [1.165, 1.54) is 5.56 Å². The smallest absolute Gasteiger partial charge is 0.256 e. The molecule has 1 amide bonds. The van der Waals surface area contributed by atoms with Gasteiger partial charge in [-0.25, -0.2) is 9.97 Å². The standard InChI is InChI=1S/C27H28N6O2/c1-18-25-22(27(34)29-21-6-4-5-19(15-21)17-32-11-13-35-14-12-32)16-23(20-8-9-20)30-26(25)33(31-18)24-7-2-3-10-28-24/h2-7,10,15-16,20H,8-9,11-14,17H2,1H3,(H,29,34). The third kappa shape index (κ3) is 4.54. The number of carbonyl (C=O) groups is 1. The van der Waals surface area contributed by atoms with Crippen molar-refractivity contribution in [3.05, 3.63) is 77.2 Å². The molecule has 178 valence electrons. The number of anilines is 1. The zero-order valence-corrected chi connectivity index (χ0v) is 19.8. The van der Waals surface area contributed by atoms with Crippen molar-refractivity contribution in [3.63, 3.8) is 0 Å². The van der Waals surface area contributed by atoms with E-state index in [0.29, 0.717) is 22.9 Å². The highest BCUT2D eigenvalue weighted by molar-refractivity contribution is 6.12. The van der Waals surface area contributed by atoms with E-state index in [1.54, 1.807) is 10.9 Å². The number of pyridine rings is 2. The van der Waals surface area contributed by atoms with E-state index in [-0.39, 0.29) is 5.91 Å². The molecule has 1 aliphatic heterocycles. The van der Waals surface area contributed by atoms with Crippen molar-refractivity contribution in [3.8, 4) is 5.82 Å². The van der Waals surface area contributed by atoms with Gasteiger partial charge in [0.15, 0.2) is 11.5 Å². The molecule has 0 unspecified atom stereocenters. The van der Waals surface area contributed by atoms with E-state index in [1.807, 2.05) is 43.3 Å². The number of hydrogen-bond acceptors (Lipinski definition) is 6. The van der Waals surface area contributed by atoms with Gasteiger partial charge in [0.1, 0.15) is 0 Å². The maximum atomic E-state index is 13.6. The molecule has 0 atom stereocenters. The van der Waals surface area contributed by atoms with E-state index >= 15 is 0 Å². The highest BCUT2D eigenvalue weighted by Gasteiger charge is 2.29. The van der Waals surface area contributed by atoms with E-state index < -0.39 is 0 Å². The Labute approximate surface area is 203 Å². The van der Waals surface area contributed by atoms with Crippen LogP contribution >= 0.6 is 0 Å². The number of aromatic nitrogens is 4. The molecule has 1 aliphatic carbocycles. The molecule has 6 rings (SSSR count). The van der Waals surface area contributed by atoms with Crippen LogP contribution in [-0.4, -0.2) is 56.9 Å². The molecule has 35 heavy (non-hydrogen) atoms. The SMILES string of the molecule is Cc1nn(-c2ccccn2)c2nc(C3CC3)cc(C(=O)Nc3cccc(CN4CCOCC4)c3)c12. The molecule has 1 aromatic carbocycles. The number of carbonyl (C=O) groups excluding carboxylic acids is 1. The van der Waals surface area contributed by atoms with Crippen LogP contribution in [0.1, 0.15) is 46.1 Å². The van der Waals surface area contributed by atoms with E-state index in [4.69, 9.17) is 14.8 Å². The molecule has 1 N–H and O–H groups in total. The highest BCUT2D eigenvalue weighted by Crippen LogP contribution is 2.40. The summed E-state index contributed by atoms with van der Waals surface area (Å²) in [6, 6.07) is 15.7. The van der Waals surface area contributed by atoms with Gasteiger partial charge >= 0.3 is 0 Å². The van der Waals surface area contributed by atoms with Crippen LogP contribution in [0, 0.1) is 6.92 Å². The molecular formula is C27H28N6O2. The van der Waals surface area contributed by atoms with Crippen LogP contribution in [-0.2, 0) is 11.3 Å². The lowest BCUT2D eigenvalue weighted by atomic mass is 10.1. The second-order valence-corrected chi connectivity index (χ2v) is 9.30. The summed E-state index contributed by atoms with van der Waals surface area (Å²) in [4.78, 5) is 25.4. The van der Waals surface area contributed by atoms with Gasteiger partial charge in [-0.2, -0.15) is 9.78 Å². The molecule has 0 spiro atoms. The molecule has 8 heteroatoms. The third-order valence-electron chi connectivity index (χ3n) is 6.63. The van der Waals surface area contributed by atoms with Gasteiger partial charge in [0, 0.05) is 43.1 Å². The summed E-state index contributed by atoms with van der Waals surface area (Å²) in [7, 11) is 0. The van der Waals surface area contributed by atoms with Crippen molar-refractivity contribution in [1.82, 2.24) is 24.6 Å². The van der Waals surface area contributed by atoms with Gasteiger partial charge in [-0.3, -0.25) is 9.69 Å². The number of aryl methyl sites for hydroxylation is 1. The van der Waals surface area contributed by atoms with Gasteiger partial charge in [-0.1, -0.05) is 18.2 Å². The molecule has 0 radical (unpaired) electrons. The number of fused-ring (bicyclic) bond motifs is 1. The van der Waals surface area contributed by atoms with E-state index in [9.17, 15) is 4.79 Å². The molecule has 8 nitrogen and oxygen atoms in total. The zero-order valence-electron chi connectivity index (χ0n) is 19.8. The molecule has 3 aromatic heterocycles. The molecule has 4 aromatic rings. The summed E-state index contributed by atoms with van der Waals surface area (Å²) in [5.74, 6) is 0.940. The van der Waals surface area contributed by atoms with Crippen LogP contribution < -0.4 is 5.32 Å². The van der Waals surface area contributed by atoms with Gasteiger partial charge in [0.2, 0.25) is 0 Å².